The Morgan fingerprint density at radius 2 is 1.23 bits per heavy atom. The van der Waals surface area contributed by atoms with Gasteiger partial charge >= 0.3 is 35.3 Å². The summed E-state index contributed by atoms with van der Waals surface area (Å²) in [5, 5.41) is 0.930. The van der Waals surface area contributed by atoms with Gasteiger partial charge in [-0.15, -0.1) is 0 Å². The minimum atomic E-state index is -7.36. The average molecular weight is 405 g/mol. The number of amides is 1. The van der Waals surface area contributed by atoms with Crippen LogP contribution >= 0.6 is 0 Å². The number of nitrogens with one attached hydrogen (secondary N) is 1. The number of alkyl halides is 11. The maximum absolute atomic E-state index is 14.2. The van der Waals surface area contributed by atoms with E-state index in [1.54, 1.807) is 0 Å². The van der Waals surface area contributed by atoms with Gasteiger partial charge < -0.3 is 9.73 Å². The smallest absolute Gasteiger partial charge is 0.384 e. The molecule has 1 aliphatic carbocycles. The van der Waals surface area contributed by atoms with Gasteiger partial charge in [-0.25, -0.2) is 4.39 Å². The Morgan fingerprint density at radius 1 is 0.808 bits per heavy atom. The lowest BCUT2D eigenvalue weighted by molar-refractivity contribution is -0.476. The molecule has 0 bridgehead atoms. The molecule has 0 atom stereocenters. The van der Waals surface area contributed by atoms with Gasteiger partial charge in [0.05, 0.1) is 12.8 Å². The molecule has 148 valence electrons. The predicted octanol–water partition coefficient (Wildman–Crippen LogP) is 3.79. The van der Waals surface area contributed by atoms with E-state index in [2.05, 4.69) is 4.42 Å². The number of hydrogen-bond donors (Lipinski definition) is 1. The zero-order chi connectivity index (χ0) is 20.4. The summed E-state index contributed by atoms with van der Waals surface area (Å²) < 4.78 is 152. The largest absolute Gasteiger partial charge is 0.467 e. The summed E-state index contributed by atoms with van der Waals surface area (Å²) in [5.74, 6) is -40.1. The summed E-state index contributed by atoms with van der Waals surface area (Å²) in [5.41, 5.74) is -6.69. The highest BCUT2D eigenvalue weighted by Gasteiger charge is 3.02. The second kappa shape index (κ2) is 5.25. The molecule has 1 aromatic rings. The first-order chi connectivity index (χ1) is 11.5. The molecule has 1 amide bonds. The van der Waals surface area contributed by atoms with E-state index in [1.807, 2.05) is 0 Å². The lowest BCUT2D eigenvalue weighted by Gasteiger charge is -2.51. The van der Waals surface area contributed by atoms with Crippen molar-refractivity contribution in [3.05, 3.63) is 24.2 Å². The van der Waals surface area contributed by atoms with Gasteiger partial charge in [-0.1, -0.05) is 0 Å². The zero-order valence-electron chi connectivity index (χ0n) is 11.9. The fourth-order valence-corrected chi connectivity index (χ4v) is 2.21. The number of carbonyl (C=O) groups is 1. The van der Waals surface area contributed by atoms with E-state index < -0.39 is 53.5 Å². The van der Waals surface area contributed by atoms with Gasteiger partial charge in [0.2, 0.25) is 0 Å². The number of halogens is 11. The van der Waals surface area contributed by atoms with Crippen LogP contribution in [-0.4, -0.2) is 41.2 Å². The van der Waals surface area contributed by atoms with Crippen LogP contribution in [0.25, 0.3) is 0 Å². The van der Waals surface area contributed by atoms with E-state index in [4.69, 9.17) is 0 Å². The van der Waals surface area contributed by atoms with Crippen molar-refractivity contribution >= 4 is 5.91 Å². The van der Waals surface area contributed by atoms with Gasteiger partial charge in [-0.2, -0.15) is 43.9 Å². The molecule has 1 saturated carbocycles. The molecule has 1 N–H and O–H groups in total. The first-order valence-electron chi connectivity index (χ1n) is 6.39. The normalized spacial score (nSPS) is 26.9. The van der Waals surface area contributed by atoms with Crippen LogP contribution in [0.2, 0.25) is 0 Å². The lowest BCUT2D eigenvalue weighted by Crippen LogP contribution is -2.86. The second-order valence-corrected chi connectivity index (χ2v) is 5.29. The van der Waals surface area contributed by atoms with Crippen molar-refractivity contribution in [2.75, 3.05) is 0 Å². The third kappa shape index (κ3) is 1.98. The van der Waals surface area contributed by atoms with Crippen LogP contribution < -0.4 is 5.32 Å². The van der Waals surface area contributed by atoms with E-state index in [1.165, 1.54) is 0 Å². The molecule has 0 radical (unpaired) electrons. The molecule has 0 spiro atoms. The van der Waals surface area contributed by atoms with Crippen LogP contribution in [0.3, 0.4) is 0 Å². The average Bonchev–Trinajstić information content (AvgIpc) is 3.03. The monoisotopic (exact) mass is 405 g/mol. The first kappa shape index (κ1) is 20.3. The lowest BCUT2D eigenvalue weighted by atomic mass is 9.71. The highest BCUT2D eigenvalue weighted by atomic mass is 19.4. The van der Waals surface area contributed by atoms with Gasteiger partial charge in [0.1, 0.15) is 5.76 Å². The summed E-state index contributed by atoms with van der Waals surface area (Å²) in [6.45, 7) is -1.16. The minimum absolute atomic E-state index is 0.395. The molecular formula is C12H6F11NO2. The van der Waals surface area contributed by atoms with Crippen molar-refractivity contribution in [1.82, 2.24) is 5.32 Å². The van der Waals surface area contributed by atoms with Crippen LogP contribution in [0, 0.1) is 0 Å². The fourth-order valence-electron chi connectivity index (χ4n) is 2.21. The molecule has 2 rings (SSSR count). The summed E-state index contributed by atoms with van der Waals surface area (Å²) in [7, 11) is 0. The van der Waals surface area contributed by atoms with Crippen molar-refractivity contribution in [3.8, 4) is 0 Å². The molecule has 0 aromatic carbocycles. The van der Waals surface area contributed by atoms with Crippen LogP contribution in [-0.2, 0) is 11.3 Å². The Kier molecular flexibility index (Phi) is 4.10. The third-order valence-electron chi connectivity index (χ3n) is 3.76. The summed E-state index contributed by atoms with van der Waals surface area (Å²) in [4.78, 5) is 11.4. The molecule has 14 heteroatoms. The van der Waals surface area contributed by atoms with Crippen LogP contribution in [0.5, 0.6) is 0 Å². The summed E-state index contributed by atoms with van der Waals surface area (Å²) in [6, 6.07) is 2.11. The van der Waals surface area contributed by atoms with Crippen molar-refractivity contribution in [1.29, 1.82) is 0 Å². The molecule has 0 unspecified atom stereocenters. The summed E-state index contributed by atoms with van der Waals surface area (Å²) in [6.07, 6.45) is 0.916. The molecule has 0 aliphatic heterocycles. The Bertz CT molecular complexity index is 668. The molecule has 1 heterocycles. The maximum atomic E-state index is 14.2. The fraction of sp³-hybridized carbons (Fsp3) is 0.583. The quantitative estimate of drug-likeness (QED) is 0.778. The van der Waals surface area contributed by atoms with Crippen LogP contribution in [0.4, 0.5) is 48.3 Å². The maximum Gasteiger partial charge on any atom is 0.384 e. The number of hydrogen-bond acceptors (Lipinski definition) is 2. The van der Waals surface area contributed by atoms with Crippen molar-refractivity contribution in [2.45, 2.75) is 41.8 Å². The number of furan rings is 1. The van der Waals surface area contributed by atoms with Gasteiger partial charge in [0.25, 0.3) is 5.91 Å². The van der Waals surface area contributed by atoms with E-state index in [9.17, 15) is 53.1 Å². The molecule has 26 heavy (non-hydrogen) atoms. The van der Waals surface area contributed by atoms with Crippen molar-refractivity contribution in [3.63, 3.8) is 0 Å². The molecule has 3 nitrogen and oxygen atoms in total. The highest BCUT2D eigenvalue weighted by molar-refractivity contribution is 5.88. The molecular weight excluding hydrogens is 399 g/mol. The number of carbonyl (C=O) groups excluding carboxylic acids is 1. The van der Waals surface area contributed by atoms with Crippen molar-refractivity contribution < 1.29 is 57.5 Å². The zero-order valence-corrected chi connectivity index (χ0v) is 11.9. The minimum Gasteiger partial charge on any atom is -0.467 e. The Hall–Kier alpha value is -2.02. The van der Waals surface area contributed by atoms with Gasteiger partial charge in [-0.05, 0) is 12.1 Å². The van der Waals surface area contributed by atoms with E-state index in [0.29, 0.717) is 0 Å². The van der Waals surface area contributed by atoms with E-state index >= 15 is 0 Å². The second-order valence-electron chi connectivity index (χ2n) is 5.29. The van der Waals surface area contributed by atoms with Gasteiger partial charge in [0, 0.05) is 0 Å². The first-order valence-corrected chi connectivity index (χ1v) is 6.39. The van der Waals surface area contributed by atoms with Crippen LogP contribution in [0.1, 0.15) is 5.76 Å². The Labute approximate surface area is 136 Å². The molecule has 1 aromatic heterocycles. The Morgan fingerprint density at radius 3 is 1.62 bits per heavy atom. The molecule has 1 fully saturated rings. The molecule has 0 saturated heterocycles. The van der Waals surface area contributed by atoms with Crippen molar-refractivity contribution in [2.24, 2.45) is 0 Å². The summed E-state index contributed by atoms with van der Waals surface area (Å²) >= 11 is 0. The predicted molar refractivity (Wildman–Crippen MR) is 59.1 cm³/mol. The third-order valence-corrected chi connectivity index (χ3v) is 3.76. The topological polar surface area (TPSA) is 42.2 Å². The Balaban J connectivity index is 2.57. The van der Waals surface area contributed by atoms with E-state index in [0.717, 1.165) is 23.7 Å². The SMILES string of the molecule is O=C(NCc1ccco1)C1(F)C(F)(F)C(F)(F)C(F)(F)C(F)(F)C1(F)F. The van der Waals surface area contributed by atoms with Gasteiger partial charge in [-0.3, -0.25) is 4.79 Å². The highest BCUT2D eigenvalue weighted by Crippen LogP contribution is 2.69. The standard InChI is InChI=1S/C12H6F11NO2/c13-7(6(25)24-4-5-2-1-3-26-5)8(14,15)10(18,19)12(22,23)11(20,21)9(7,16)17/h1-3H,4H2,(H,24,25). The number of rotatable bonds is 3. The van der Waals surface area contributed by atoms with E-state index in [-0.39, 0.29) is 0 Å². The van der Waals surface area contributed by atoms with Gasteiger partial charge in [0.15, 0.2) is 0 Å². The van der Waals surface area contributed by atoms with Crippen LogP contribution in [0.15, 0.2) is 22.8 Å². The molecule has 1 aliphatic rings.